The fourth-order valence-electron chi connectivity index (χ4n) is 3.46. The highest BCUT2D eigenvalue weighted by molar-refractivity contribution is 5.67. The summed E-state index contributed by atoms with van der Waals surface area (Å²) >= 11 is 0. The smallest absolute Gasteiger partial charge is 0.194 e. The highest BCUT2D eigenvalue weighted by Gasteiger charge is 2.19. The van der Waals surface area contributed by atoms with E-state index in [0.717, 1.165) is 0 Å². The van der Waals surface area contributed by atoms with E-state index in [1.54, 1.807) is 0 Å². The monoisotopic (exact) mass is 316 g/mol. The minimum atomic E-state index is 1.25. The first-order valence-corrected chi connectivity index (χ1v) is 8.53. The van der Waals surface area contributed by atoms with E-state index in [-0.39, 0.29) is 0 Å². The molecule has 2 aromatic carbocycles. The fourth-order valence-corrected chi connectivity index (χ4v) is 3.46. The van der Waals surface area contributed by atoms with Crippen LogP contribution in [0.4, 0.5) is 0 Å². The first-order valence-electron chi connectivity index (χ1n) is 8.53. The summed E-state index contributed by atoms with van der Waals surface area (Å²) in [5.74, 6) is 0. The van der Waals surface area contributed by atoms with Crippen LogP contribution in [0.1, 0.15) is 27.8 Å². The van der Waals surface area contributed by atoms with Gasteiger partial charge in [-0.15, -0.1) is 0 Å². The zero-order chi connectivity index (χ0) is 17.4. The number of rotatable bonds is 2. The van der Waals surface area contributed by atoms with Gasteiger partial charge < -0.3 is 0 Å². The van der Waals surface area contributed by atoms with E-state index in [0.29, 0.717) is 0 Å². The van der Waals surface area contributed by atoms with E-state index in [4.69, 9.17) is 0 Å². The molecule has 3 aromatic rings. The third-order valence-electron chi connectivity index (χ3n) is 5.01. The van der Waals surface area contributed by atoms with Crippen LogP contribution in [0.2, 0.25) is 0 Å². The first kappa shape index (κ1) is 16.4. The van der Waals surface area contributed by atoms with Gasteiger partial charge in [0.15, 0.2) is 0 Å². The molecule has 3 rings (SSSR count). The van der Waals surface area contributed by atoms with Crippen molar-refractivity contribution in [2.24, 2.45) is 7.05 Å². The predicted octanol–water partition coefficient (Wildman–Crippen LogP) is 5.39. The third-order valence-corrected chi connectivity index (χ3v) is 5.01. The summed E-state index contributed by atoms with van der Waals surface area (Å²) in [6, 6.07) is 17.9. The lowest BCUT2D eigenvalue weighted by molar-refractivity contribution is -0.649. The largest absolute Gasteiger partial charge is 0.213 e. The van der Waals surface area contributed by atoms with Crippen molar-refractivity contribution in [2.75, 3.05) is 0 Å². The van der Waals surface area contributed by atoms with Crippen LogP contribution < -0.4 is 4.57 Å². The standard InChI is InChI=1S/C23H26N/c1-15-10-11-20(18(4)12-15)22-8-7-9-23(24(22)6)21-14-17(3)16(2)13-19(21)5/h7-14H,1-6H3/q+1. The Labute approximate surface area is 145 Å². The molecule has 0 saturated carbocycles. The summed E-state index contributed by atoms with van der Waals surface area (Å²) in [4.78, 5) is 0. The summed E-state index contributed by atoms with van der Waals surface area (Å²) in [6.07, 6.45) is 0. The Balaban J connectivity index is 2.21. The second-order valence-corrected chi connectivity index (χ2v) is 6.93. The van der Waals surface area contributed by atoms with Crippen molar-refractivity contribution in [3.05, 3.63) is 76.3 Å². The molecular formula is C23H26N+. The van der Waals surface area contributed by atoms with Gasteiger partial charge in [-0.3, -0.25) is 0 Å². The maximum atomic E-state index is 2.31. The highest BCUT2D eigenvalue weighted by atomic mass is 14.9. The van der Waals surface area contributed by atoms with Crippen LogP contribution in [0.15, 0.2) is 48.5 Å². The SMILES string of the molecule is Cc1ccc(-c2cccc(-c3cc(C)c(C)cc3C)[n+]2C)c(C)c1. The molecule has 0 unspecified atom stereocenters. The Morgan fingerprint density at radius 2 is 1.17 bits per heavy atom. The van der Waals surface area contributed by atoms with Gasteiger partial charge in [0.1, 0.15) is 7.05 Å². The Morgan fingerprint density at radius 3 is 1.83 bits per heavy atom. The second-order valence-electron chi connectivity index (χ2n) is 6.93. The van der Waals surface area contributed by atoms with E-state index >= 15 is 0 Å². The second kappa shape index (κ2) is 6.24. The summed E-state index contributed by atoms with van der Waals surface area (Å²) in [6.45, 7) is 10.9. The molecule has 0 bridgehead atoms. The Bertz CT molecular complexity index is 920. The van der Waals surface area contributed by atoms with Gasteiger partial charge in [-0.05, 0) is 75.1 Å². The summed E-state index contributed by atoms with van der Waals surface area (Å²) in [5.41, 5.74) is 11.8. The minimum absolute atomic E-state index is 1.25. The van der Waals surface area contributed by atoms with Crippen LogP contribution in [0, 0.1) is 34.6 Å². The predicted molar refractivity (Wildman–Crippen MR) is 102 cm³/mol. The average molecular weight is 316 g/mol. The molecule has 0 aliphatic carbocycles. The summed E-state index contributed by atoms with van der Waals surface area (Å²) in [7, 11) is 2.17. The number of aryl methyl sites for hydroxylation is 5. The van der Waals surface area contributed by atoms with Gasteiger partial charge in [0, 0.05) is 23.3 Å². The van der Waals surface area contributed by atoms with E-state index in [1.807, 2.05) is 0 Å². The van der Waals surface area contributed by atoms with Gasteiger partial charge in [0.05, 0.1) is 0 Å². The Hall–Kier alpha value is -2.41. The summed E-state index contributed by atoms with van der Waals surface area (Å²) < 4.78 is 2.31. The van der Waals surface area contributed by atoms with Crippen molar-refractivity contribution in [1.29, 1.82) is 0 Å². The van der Waals surface area contributed by atoms with Crippen LogP contribution in [0.3, 0.4) is 0 Å². The van der Waals surface area contributed by atoms with Crippen LogP contribution >= 0.6 is 0 Å². The van der Waals surface area contributed by atoms with Crippen LogP contribution in [0.5, 0.6) is 0 Å². The molecule has 0 fully saturated rings. The molecule has 0 N–H and O–H groups in total. The minimum Gasteiger partial charge on any atom is -0.194 e. The Morgan fingerprint density at radius 1 is 0.583 bits per heavy atom. The molecule has 0 atom stereocenters. The van der Waals surface area contributed by atoms with E-state index in [2.05, 4.69) is 94.8 Å². The summed E-state index contributed by atoms with van der Waals surface area (Å²) in [5, 5.41) is 0. The van der Waals surface area contributed by atoms with Gasteiger partial charge in [0.25, 0.3) is 0 Å². The molecule has 1 nitrogen and oxygen atoms in total. The molecule has 0 aliphatic heterocycles. The van der Waals surface area contributed by atoms with E-state index < -0.39 is 0 Å². The topological polar surface area (TPSA) is 3.88 Å². The van der Waals surface area contributed by atoms with Gasteiger partial charge in [-0.25, -0.2) is 0 Å². The first-order chi connectivity index (χ1) is 11.4. The number of nitrogens with zero attached hydrogens (tertiary/aromatic N) is 1. The maximum Gasteiger partial charge on any atom is 0.213 e. The van der Waals surface area contributed by atoms with Crippen molar-refractivity contribution in [1.82, 2.24) is 0 Å². The highest BCUT2D eigenvalue weighted by Crippen LogP contribution is 2.27. The van der Waals surface area contributed by atoms with E-state index in [1.165, 1.54) is 50.3 Å². The van der Waals surface area contributed by atoms with Crippen molar-refractivity contribution < 1.29 is 4.57 Å². The molecule has 0 aliphatic rings. The van der Waals surface area contributed by atoms with Crippen molar-refractivity contribution in [3.63, 3.8) is 0 Å². The van der Waals surface area contributed by atoms with Crippen molar-refractivity contribution >= 4 is 0 Å². The van der Waals surface area contributed by atoms with E-state index in [9.17, 15) is 0 Å². The quantitative estimate of drug-likeness (QED) is 0.558. The fraction of sp³-hybridized carbons (Fsp3) is 0.261. The molecule has 24 heavy (non-hydrogen) atoms. The zero-order valence-corrected chi connectivity index (χ0v) is 15.6. The number of hydrogen-bond donors (Lipinski definition) is 0. The van der Waals surface area contributed by atoms with Crippen molar-refractivity contribution in [3.8, 4) is 22.5 Å². The average Bonchev–Trinajstić information content (AvgIpc) is 2.52. The molecule has 1 heteroatoms. The van der Waals surface area contributed by atoms with Gasteiger partial charge >= 0.3 is 0 Å². The van der Waals surface area contributed by atoms with Crippen LogP contribution in [-0.4, -0.2) is 0 Å². The number of benzene rings is 2. The lowest BCUT2D eigenvalue weighted by atomic mass is 9.97. The molecular weight excluding hydrogens is 290 g/mol. The van der Waals surface area contributed by atoms with Crippen molar-refractivity contribution in [2.45, 2.75) is 34.6 Å². The third kappa shape index (κ3) is 2.87. The van der Waals surface area contributed by atoms with Crippen LogP contribution in [0.25, 0.3) is 22.5 Å². The molecule has 1 heterocycles. The molecule has 0 radical (unpaired) electrons. The normalized spacial score (nSPS) is 10.9. The lowest BCUT2D eigenvalue weighted by Gasteiger charge is -2.11. The molecule has 1 aromatic heterocycles. The molecule has 0 saturated heterocycles. The Kier molecular flexibility index (Phi) is 4.28. The number of pyridine rings is 1. The zero-order valence-electron chi connectivity index (χ0n) is 15.6. The molecule has 0 amide bonds. The molecule has 0 spiro atoms. The van der Waals surface area contributed by atoms with Gasteiger partial charge in [0.2, 0.25) is 11.4 Å². The number of aromatic nitrogens is 1. The molecule has 122 valence electrons. The van der Waals surface area contributed by atoms with Gasteiger partial charge in [-0.2, -0.15) is 4.57 Å². The maximum absolute atomic E-state index is 2.31. The lowest BCUT2D eigenvalue weighted by Crippen LogP contribution is -2.34. The van der Waals surface area contributed by atoms with Crippen LogP contribution in [-0.2, 0) is 7.05 Å². The van der Waals surface area contributed by atoms with Gasteiger partial charge in [-0.1, -0.05) is 23.8 Å². The number of hydrogen-bond acceptors (Lipinski definition) is 0.